The highest BCUT2D eigenvalue weighted by Crippen LogP contribution is 2.37. The molecule has 2 N–H and O–H groups in total. The maximum Gasteiger partial charge on any atom is 0.0473 e. The molecule has 2 heterocycles. The zero-order chi connectivity index (χ0) is 12.7. The van der Waals surface area contributed by atoms with Gasteiger partial charge >= 0.3 is 0 Å². The predicted molar refractivity (Wildman–Crippen MR) is 73.1 cm³/mol. The van der Waals surface area contributed by atoms with Gasteiger partial charge in [0.15, 0.2) is 0 Å². The lowest BCUT2D eigenvalue weighted by molar-refractivity contribution is 0.0383. The third kappa shape index (κ3) is 2.51. The molecule has 3 nitrogen and oxygen atoms in total. The second-order valence-corrected chi connectivity index (χ2v) is 7.05. The van der Waals surface area contributed by atoms with Crippen LogP contribution in [0.4, 0.5) is 0 Å². The molecule has 0 aliphatic carbocycles. The molecule has 0 bridgehead atoms. The van der Waals surface area contributed by atoms with Gasteiger partial charge in [-0.2, -0.15) is 0 Å². The van der Waals surface area contributed by atoms with Crippen LogP contribution in [-0.2, 0) is 0 Å². The van der Waals surface area contributed by atoms with Crippen molar-refractivity contribution in [2.75, 3.05) is 33.2 Å². The Hall–Kier alpha value is -0.120. The molecule has 2 saturated heterocycles. The van der Waals surface area contributed by atoms with Crippen LogP contribution in [0.2, 0.25) is 0 Å². The van der Waals surface area contributed by atoms with Crippen molar-refractivity contribution in [1.29, 1.82) is 0 Å². The van der Waals surface area contributed by atoms with Gasteiger partial charge < -0.3 is 10.6 Å². The van der Waals surface area contributed by atoms with Gasteiger partial charge in [0.05, 0.1) is 0 Å². The van der Waals surface area contributed by atoms with Gasteiger partial charge in [0.25, 0.3) is 0 Å². The second-order valence-electron chi connectivity index (χ2n) is 7.05. The molecule has 0 amide bonds. The molecule has 0 aromatic carbocycles. The van der Waals surface area contributed by atoms with Gasteiger partial charge in [0, 0.05) is 24.7 Å². The molecular weight excluding hydrogens is 210 g/mol. The molecule has 3 heteroatoms. The summed E-state index contributed by atoms with van der Waals surface area (Å²) in [6.07, 6.45) is 3.86. The normalized spacial score (nSPS) is 39.7. The Bertz CT molecular complexity index is 255. The van der Waals surface area contributed by atoms with E-state index in [2.05, 4.69) is 37.6 Å². The molecule has 2 rings (SSSR count). The van der Waals surface area contributed by atoms with Crippen molar-refractivity contribution in [3.8, 4) is 0 Å². The van der Waals surface area contributed by atoms with Gasteiger partial charge in [-0.05, 0) is 51.7 Å². The number of rotatable bonds is 2. The summed E-state index contributed by atoms with van der Waals surface area (Å²) >= 11 is 0. The Labute approximate surface area is 106 Å². The maximum absolute atomic E-state index is 6.12. The van der Waals surface area contributed by atoms with Crippen molar-refractivity contribution in [1.82, 2.24) is 9.80 Å². The van der Waals surface area contributed by atoms with Crippen molar-refractivity contribution in [2.45, 2.75) is 51.6 Å². The first-order valence-electron chi connectivity index (χ1n) is 7.04. The number of hydrogen-bond donors (Lipinski definition) is 1. The smallest absolute Gasteiger partial charge is 0.0473 e. The lowest BCUT2D eigenvalue weighted by Crippen LogP contribution is -2.58. The minimum absolute atomic E-state index is 0.255. The largest absolute Gasteiger partial charge is 0.329 e. The van der Waals surface area contributed by atoms with Crippen LogP contribution in [-0.4, -0.2) is 54.6 Å². The summed E-state index contributed by atoms with van der Waals surface area (Å²) < 4.78 is 0. The van der Waals surface area contributed by atoms with E-state index in [1.54, 1.807) is 0 Å². The summed E-state index contributed by atoms with van der Waals surface area (Å²) in [5, 5.41) is 0. The maximum atomic E-state index is 6.12. The predicted octanol–water partition coefficient (Wildman–Crippen LogP) is 1.53. The number of likely N-dealkylation sites (N-methyl/N-ethyl adjacent to an activating group) is 1. The molecule has 0 spiro atoms. The van der Waals surface area contributed by atoms with Gasteiger partial charge in [-0.15, -0.1) is 0 Å². The molecule has 17 heavy (non-hydrogen) atoms. The van der Waals surface area contributed by atoms with Crippen LogP contribution in [0.1, 0.15) is 40.0 Å². The number of piperidine rings is 1. The lowest BCUT2D eigenvalue weighted by atomic mass is 9.80. The number of nitrogens with zero attached hydrogens (tertiary/aromatic N) is 2. The van der Waals surface area contributed by atoms with Crippen LogP contribution in [0.5, 0.6) is 0 Å². The van der Waals surface area contributed by atoms with Gasteiger partial charge in [-0.25, -0.2) is 0 Å². The third-order valence-electron chi connectivity index (χ3n) is 5.14. The Balaban J connectivity index is 2.05. The van der Waals surface area contributed by atoms with Crippen LogP contribution >= 0.6 is 0 Å². The van der Waals surface area contributed by atoms with Crippen molar-refractivity contribution in [3.63, 3.8) is 0 Å². The van der Waals surface area contributed by atoms with Crippen molar-refractivity contribution < 1.29 is 0 Å². The number of hydrogen-bond acceptors (Lipinski definition) is 3. The van der Waals surface area contributed by atoms with E-state index in [9.17, 15) is 0 Å². The van der Waals surface area contributed by atoms with Gasteiger partial charge in [-0.1, -0.05) is 13.8 Å². The van der Waals surface area contributed by atoms with E-state index < -0.39 is 0 Å². The fourth-order valence-corrected chi connectivity index (χ4v) is 3.48. The summed E-state index contributed by atoms with van der Waals surface area (Å²) in [5.41, 5.74) is 6.91. The fraction of sp³-hybridized carbons (Fsp3) is 1.00. The number of likely N-dealkylation sites (tertiary alicyclic amines) is 2. The highest BCUT2D eigenvalue weighted by atomic mass is 15.3. The molecule has 2 aliphatic rings. The Morgan fingerprint density at radius 2 is 1.82 bits per heavy atom. The first kappa shape index (κ1) is 13.3. The summed E-state index contributed by atoms with van der Waals surface area (Å²) in [4.78, 5) is 5.14. The first-order valence-corrected chi connectivity index (χ1v) is 7.04. The molecular formula is C14H29N3. The summed E-state index contributed by atoms with van der Waals surface area (Å²) in [6, 6.07) is 0.675. The molecule has 2 fully saturated rings. The standard InChI is InChI=1S/C14H29N3/c1-12-9-14(10-15,11-16(12)4)17-7-5-13(2,3)6-8-17/h12H,5-11,15H2,1-4H3. The summed E-state index contributed by atoms with van der Waals surface area (Å²) in [5.74, 6) is 0. The molecule has 100 valence electrons. The van der Waals surface area contributed by atoms with Crippen LogP contribution < -0.4 is 5.73 Å². The molecule has 0 aromatic heterocycles. The molecule has 2 aliphatic heterocycles. The fourth-order valence-electron chi connectivity index (χ4n) is 3.48. The quantitative estimate of drug-likeness (QED) is 0.793. The van der Waals surface area contributed by atoms with E-state index in [1.165, 1.54) is 32.4 Å². The average Bonchev–Trinajstić information content (AvgIpc) is 2.56. The topological polar surface area (TPSA) is 32.5 Å². The van der Waals surface area contributed by atoms with E-state index in [4.69, 9.17) is 5.73 Å². The molecule has 2 atom stereocenters. The average molecular weight is 239 g/mol. The van der Waals surface area contributed by atoms with Gasteiger partial charge in [-0.3, -0.25) is 4.90 Å². The molecule has 0 saturated carbocycles. The Morgan fingerprint density at radius 3 is 2.24 bits per heavy atom. The highest BCUT2D eigenvalue weighted by Gasteiger charge is 2.45. The van der Waals surface area contributed by atoms with E-state index >= 15 is 0 Å². The summed E-state index contributed by atoms with van der Waals surface area (Å²) in [7, 11) is 2.23. The van der Waals surface area contributed by atoms with Crippen molar-refractivity contribution >= 4 is 0 Å². The van der Waals surface area contributed by atoms with E-state index in [0.717, 1.165) is 13.1 Å². The van der Waals surface area contributed by atoms with Crippen molar-refractivity contribution in [3.05, 3.63) is 0 Å². The van der Waals surface area contributed by atoms with E-state index in [-0.39, 0.29) is 5.54 Å². The van der Waals surface area contributed by atoms with Crippen LogP contribution in [0.25, 0.3) is 0 Å². The van der Waals surface area contributed by atoms with E-state index in [0.29, 0.717) is 11.5 Å². The monoisotopic (exact) mass is 239 g/mol. The van der Waals surface area contributed by atoms with E-state index in [1.807, 2.05) is 0 Å². The van der Waals surface area contributed by atoms with Gasteiger partial charge in [0.2, 0.25) is 0 Å². The Morgan fingerprint density at radius 1 is 1.24 bits per heavy atom. The Kier molecular flexibility index (Phi) is 3.54. The molecule has 0 radical (unpaired) electrons. The van der Waals surface area contributed by atoms with Crippen LogP contribution in [0.3, 0.4) is 0 Å². The minimum Gasteiger partial charge on any atom is -0.329 e. The van der Waals surface area contributed by atoms with Crippen LogP contribution in [0, 0.1) is 5.41 Å². The number of nitrogens with two attached hydrogens (primary N) is 1. The second kappa shape index (κ2) is 4.52. The molecule has 2 unspecified atom stereocenters. The highest BCUT2D eigenvalue weighted by molar-refractivity contribution is 5.03. The zero-order valence-electron chi connectivity index (χ0n) is 12.0. The lowest BCUT2D eigenvalue weighted by Gasteiger charge is -2.46. The van der Waals surface area contributed by atoms with Crippen molar-refractivity contribution in [2.24, 2.45) is 11.1 Å². The third-order valence-corrected chi connectivity index (χ3v) is 5.14. The SMILES string of the molecule is CC1CC(CN)(N2CCC(C)(C)CC2)CN1C. The van der Waals surface area contributed by atoms with Gasteiger partial charge in [0.1, 0.15) is 0 Å². The first-order chi connectivity index (χ1) is 7.88. The minimum atomic E-state index is 0.255. The van der Waals surface area contributed by atoms with Crippen LogP contribution in [0.15, 0.2) is 0 Å². The zero-order valence-corrected chi connectivity index (χ0v) is 12.0. The summed E-state index contributed by atoms with van der Waals surface area (Å²) in [6.45, 7) is 11.5. The molecule has 0 aromatic rings.